The van der Waals surface area contributed by atoms with E-state index < -0.39 is 17.9 Å². The Hall–Kier alpha value is -3.88. The highest BCUT2D eigenvalue weighted by atomic mass is 16.5. The number of hydrogen-bond acceptors (Lipinski definition) is 3. The molecule has 0 saturated carbocycles. The van der Waals surface area contributed by atoms with Crippen molar-refractivity contribution < 1.29 is 19.4 Å². The van der Waals surface area contributed by atoms with Gasteiger partial charge in [-0.05, 0) is 29.7 Å². The molecule has 5 heteroatoms. The van der Waals surface area contributed by atoms with Crippen molar-refractivity contribution in [2.75, 3.05) is 13.2 Å². The van der Waals surface area contributed by atoms with E-state index in [-0.39, 0.29) is 25.0 Å². The van der Waals surface area contributed by atoms with E-state index >= 15 is 0 Å². The molecule has 0 aromatic heterocycles. The van der Waals surface area contributed by atoms with Gasteiger partial charge in [0.2, 0.25) is 5.91 Å². The first-order chi connectivity index (χ1) is 16.6. The molecule has 1 aliphatic heterocycles. The molecule has 172 valence electrons. The number of likely N-dealkylation sites (tertiary alicyclic amines) is 1. The lowest BCUT2D eigenvalue weighted by Crippen LogP contribution is -2.53. The molecule has 0 radical (unpaired) electrons. The standard InChI is InChI=1S/C29H27NO4/c31-28(27(23-14-6-2-7-15-23)24-16-8-3-9-17-24)30-19-18-25(21-26(30)29(32)33)34-20-10-13-22-11-4-1-5-12-22/h1-9,11-12,14-17,25-27H,18-21H2,(H,32,33). The average molecular weight is 454 g/mol. The maximum atomic E-state index is 13.7. The van der Waals surface area contributed by atoms with Gasteiger partial charge in [0.05, 0.1) is 12.0 Å². The Morgan fingerprint density at radius 1 is 0.912 bits per heavy atom. The van der Waals surface area contributed by atoms with Crippen molar-refractivity contribution >= 4 is 11.9 Å². The summed E-state index contributed by atoms with van der Waals surface area (Å²) in [6.45, 7) is 0.541. The second-order valence-corrected chi connectivity index (χ2v) is 8.27. The summed E-state index contributed by atoms with van der Waals surface area (Å²) in [4.78, 5) is 27.4. The van der Waals surface area contributed by atoms with E-state index in [1.54, 1.807) is 0 Å². The molecule has 1 amide bonds. The number of carbonyl (C=O) groups is 2. The van der Waals surface area contributed by atoms with Crippen LogP contribution in [0.4, 0.5) is 0 Å². The minimum absolute atomic E-state index is 0.202. The Bertz CT molecular complexity index is 1110. The van der Waals surface area contributed by atoms with Gasteiger partial charge in [0.1, 0.15) is 12.6 Å². The monoisotopic (exact) mass is 453 g/mol. The molecule has 1 fully saturated rings. The highest BCUT2D eigenvalue weighted by molar-refractivity contribution is 5.91. The van der Waals surface area contributed by atoms with Crippen LogP contribution < -0.4 is 0 Å². The molecule has 1 aliphatic rings. The van der Waals surface area contributed by atoms with Crippen LogP contribution in [0.25, 0.3) is 0 Å². The fourth-order valence-corrected chi connectivity index (χ4v) is 4.34. The largest absolute Gasteiger partial charge is 0.480 e. The summed E-state index contributed by atoms with van der Waals surface area (Å²) >= 11 is 0. The Kier molecular flexibility index (Phi) is 7.75. The van der Waals surface area contributed by atoms with Crippen LogP contribution in [-0.4, -0.2) is 47.2 Å². The van der Waals surface area contributed by atoms with Gasteiger partial charge in [-0.2, -0.15) is 0 Å². The molecule has 3 aromatic carbocycles. The first-order valence-electron chi connectivity index (χ1n) is 11.4. The fourth-order valence-electron chi connectivity index (χ4n) is 4.34. The molecule has 1 saturated heterocycles. The average Bonchev–Trinajstić information content (AvgIpc) is 2.88. The van der Waals surface area contributed by atoms with Gasteiger partial charge in [0.15, 0.2) is 0 Å². The highest BCUT2D eigenvalue weighted by Crippen LogP contribution is 2.30. The molecule has 2 unspecified atom stereocenters. The number of amides is 1. The van der Waals surface area contributed by atoms with E-state index in [0.29, 0.717) is 13.0 Å². The van der Waals surface area contributed by atoms with Gasteiger partial charge in [-0.15, -0.1) is 0 Å². The lowest BCUT2D eigenvalue weighted by atomic mass is 9.88. The van der Waals surface area contributed by atoms with Crippen molar-refractivity contribution in [2.24, 2.45) is 0 Å². The number of ether oxygens (including phenoxy) is 1. The van der Waals surface area contributed by atoms with E-state index in [1.165, 1.54) is 4.90 Å². The quantitative estimate of drug-likeness (QED) is 0.564. The normalized spacial score (nSPS) is 17.6. The summed E-state index contributed by atoms with van der Waals surface area (Å²) in [5, 5.41) is 9.94. The van der Waals surface area contributed by atoms with Crippen molar-refractivity contribution in [1.29, 1.82) is 0 Å². The number of carbonyl (C=O) groups excluding carboxylic acids is 1. The summed E-state index contributed by atoms with van der Waals surface area (Å²) in [5.41, 5.74) is 2.59. The molecule has 0 spiro atoms. The predicted octanol–water partition coefficient (Wildman–Crippen LogP) is 4.33. The summed E-state index contributed by atoms with van der Waals surface area (Å²) in [5.74, 6) is 4.25. The Labute approximate surface area is 200 Å². The van der Waals surface area contributed by atoms with Crippen molar-refractivity contribution in [1.82, 2.24) is 4.90 Å². The first-order valence-corrected chi connectivity index (χ1v) is 11.4. The SMILES string of the molecule is O=C(O)C1CC(OCC#Cc2ccccc2)CCN1C(=O)C(c1ccccc1)c1ccccc1. The zero-order chi connectivity index (χ0) is 23.8. The summed E-state index contributed by atoms with van der Waals surface area (Å²) < 4.78 is 5.87. The van der Waals surface area contributed by atoms with Crippen LogP contribution in [0.5, 0.6) is 0 Å². The van der Waals surface area contributed by atoms with E-state index in [2.05, 4.69) is 11.8 Å². The van der Waals surface area contributed by atoms with Crippen molar-refractivity contribution in [2.45, 2.75) is 30.9 Å². The smallest absolute Gasteiger partial charge is 0.326 e. The number of benzene rings is 3. The zero-order valence-corrected chi connectivity index (χ0v) is 18.8. The molecule has 1 heterocycles. The number of rotatable bonds is 6. The van der Waals surface area contributed by atoms with Gasteiger partial charge in [-0.3, -0.25) is 4.79 Å². The third-order valence-electron chi connectivity index (χ3n) is 6.03. The second kappa shape index (κ2) is 11.3. The second-order valence-electron chi connectivity index (χ2n) is 8.27. The van der Waals surface area contributed by atoms with Crippen molar-refractivity contribution in [3.8, 4) is 11.8 Å². The fraction of sp³-hybridized carbons (Fsp3) is 0.241. The molecular weight excluding hydrogens is 426 g/mol. The van der Waals surface area contributed by atoms with Gasteiger partial charge >= 0.3 is 5.97 Å². The van der Waals surface area contributed by atoms with E-state index in [4.69, 9.17) is 4.74 Å². The lowest BCUT2D eigenvalue weighted by Gasteiger charge is -2.38. The molecule has 4 rings (SSSR count). The van der Waals surface area contributed by atoms with Gasteiger partial charge in [-0.1, -0.05) is 90.7 Å². The summed E-state index contributed by atoms with van der Waals surface area (Å²) in [7, 11) is 0. The van der Waals surface area contributed by atoms with Crippen LogP contribution in [0, 0.1) is 11.8 Å². The van der Waals surface area contributed by atoms with Gasteiger partial charge in [0.25, 0.3) is 0 Å². The minimum atomic E-state index is -1.02. The maximum absolute atomic E-state index is 13.7. The van der Waals surface area contributed by atoms with Crippen LogP contribution in [0.2, 0.25) is 0 Å². The van der Waals surface area contributed by atoms with E-state index in [0.717, 1.165) is 16.7 Å². The van der Waals surface area contributed by atoms with Gasteiger partial charge in [0, 0.05) is 18.5 Å². The van der Waals surface area contributed by atoms with E-state index in [1.807, 2.05) is 91.0 Å². The van der Waals surface area contributed by atoms with Crippen LogP contribution in [0.1, 0.15) is 35.4 Å². The molecule has 5 nitrogen and oxygen atoms in total. The topological polar surface area (TPSA) is 66.8 Å². The number of aliphatic carboxylic acids is 1. The highest BCUT2D eigenvalue weighted by Gasteiger charge is 2.39. The molecule has 0 aliphatic carbocycles. The van der Waals surface area contributed by atoms with E-state index in [9.17, 15) is 14.7 Å². The number of carboxylic acid groups (broad SMARTS) is 1. The Morgan fingerprint density at radius 3 is 2.03 bits per heavy atom. The number of piperidine rings is 1. The summed E-state index contributed by atoms with van der Waals surface area (Å²) in [6.07, 6.45) is 0.547. The Balaban J connectivity index is 1.47. The van der Waals surface area contributed by atoms with Crippen LogP contribution in [-0.2, 0) is 14.3 Å². The number of nitrogens with zero attached hydrogens (tertiary/aromatic N) is 1. The molecule has 2 atom stereocenters. The van der Waals surface area contributed by atoms with Crippen molar-refractivity contribution in [3.05, 3.63) is 108 Å². The summed E-state index contributed by atoms with van der Waals surface area (Å²) in [6, 6.07) is 27.7. The predicted molar refractivity (Wildman–Crippen MR) is 130 cm³/mol. The maximum Gasteiger partial charge on any atom is 0.326 e. The number of hydrogen-bond donors (Lipinski definition) is 1. The molecule has 0 bridgehead atoms. The Morgan fingerprint density at radius 2 is 1.47 bits per heavy atom. The zero-order valence-electron chi connectivity index (χ0n) is 18.8. The van der Waals surface area contributed by atoms with Crippen LogP contribution >= 0.6 is 0 Å². The number of carboxylic acids is 1. The molecular formula is C29H27NO4. The van der Waals surface area contributed by atoms with Crippen LogP contribution in [0.15, 0.2) is 91.0 Å². The molecule has 1 N–H and O–H groups in total. The lowest BCUT2D eigenvalue weighted by molar-refractivity contribution is -0.155. The van der Waals surface area contributed by atoms with Crippen molar-refractivity contribution in [3.63, 3.8) is 0 Å². The van der Waals surface area contributed by atoms with Crippen LogP contribution in [0.3, 0.4) is 0 Å². The molecule has 34 heavy (non-hydrogen) atoms. The third kappa shape index (κ3) is 5.72. The third-order valence-corrected chi connectivity index (χ3v) is 6.03. The van der Waals surface area contributed by atoms with Gasteiger partial charge in [-0.25, -0.2) is 4.79 Å². The van der Waals surface area contributed by atoms with Gasteiger partial charge < -0.3 is 14.7 Å². The molecule has 3 aromatic rings. The minimum Gasteiger partial charge on any atom is -0.480 e. The first kappa shape index (κ1) is 23.3.